The molecule has 2 nitrogen and oxygen atoms in total. The van der Waals surface area contributed by atoms with Gasteiger partial charge in [0.25, 0.3) is 0 Å². The van der Waals surface area contributed by atoms with Crippen LogP contribution in [0.1, 0.15) is 12.0 Å². The van der Waals surface area contributed by atoms with Crippen molar-refractivity contribution in [3.8, 4) is 0 Å². The van der Waals surface area contributed by atoms with Gasteiger partial charge in [0.15, 0.2) is 0 Å². The van der Waals surface area contributed by atoms with Crippen LogP contribution in [0.25, 0.3) is 0 Å². The molecule has 0 spiro atoms. The van der Waals surface area contributed by atoms with Crippen molar-refractivity contribution in [2.75, 3.05) is 13.2 Å². The summed E-state index contributed by atoms with van der Waals surface area (Å²) < 4.78 is 12.5. The van der Waals surface area contributed by atoms with Crippen LogP contribution in [0.15, 0.2) is 24.3 Å². The molecule has 0 unspecified atom stereocenters. The van der Waals surface area contributed by atoms with Crippen molar-refractivity contribution in [3.05, 3.63) is 35.6 Å². The molecular weight excluding hydrogens is 169 g/mol. The van der Waals surface area contributed by atoms with Crippen LogP contribution in [0.5, 0.6) is 0 Å². The zero-order valence-corrected chi connectivity index (χ0v) is 7.54. The Morgan fingerprint density at radius 3 is 2.54 bits per heavy atom. The zero-order valence-electron chi connectivity index (χ0n) is 7.54. The fraction of sp³-hybridized carbons (Fsp3) is 0.400. The maximum Gasteiger partial charge on any atom is 0.123 e. The van der Waals surface area contributed by atoms with Crippen LogP contribution in [0, 0.1) is 5.82 Å². The molecule has 1 aromatic rings. The van der Waals surface area contributed by atoms with Gasteiger partial charge in [0, 0.05) is 18.6 Å². The van der Waals surface area contributed by atoms with E-state index in [2.05, 4.69) is 5.32 Å². The number of nitrogens with two attached hydrogens (primary N) is 1. The van der Waals surface area contributed by atoms with Crippen molar-refractivity contribution < 1.29 is 14.8 Å². The molecule has 0 saturated carbocycles. The van der Waals surface area contributed by atoms with Gasteiger partial charge in [-0.25, -0.2) is 4.39 Å². The van der Waals surface area contributed by atoms with E-state index in [1.165, 1.54) is 12.1 Å². The van der Waals surface area contributed by atoms with Crippen molar-refractivity contribution in [2.45, 2.75) is 13.0 Å². The number of hydrogen-bond acceptors (Lipinski definition) is 1. The van der Waals surface area contributed by atoms with Gasteiger partial charge in [0.05, 0.1) is 6.54 Å². The first-order chi connectivity index (χ1) is 6.33. The minimum absolute atomic E-state index is 0.195. The maximum absolute atomic E-state index is 12.5. The van der Waals surface area contributed by atoms with E-state index in [1.807, 2.05) is 0 Å². The average Bonchev–Trinajstić information content (AvgIpc) is 2.15. The molecule has 3 heteroatoms. The normalized spacial score (nSPS) is 10.3. The van der Waals surface area contributed by atoms with Gasteiger partial charge in [-0.3, -0.25) is 0 Å². The standard InChI is InChI=1S/C10H14FNO/c11-10-4-2-9(3-5-10)8-12-6-1-7-13/h2-5,12-13H,1,6-8H2/p+1. The fourth-order valence-corrected chi connectivity index (χ4v) is 1.12. The maximum atomic E-state index is 12.5. The molecule has 0 aromatic heterocycles. The first-order valence-electron chi connectivity index (χ1n) is 4.50. The lowest BCUT2D eigenvalue weighted by Gasteiger charge is -2.00. The summed E-state index contributed by atoms with van der Waals surface area (Å²) >= 11 is 0. The molecule has 0 bridgehead atoms. The van der Waals surface area contributed by atoms with E-state index in [0.717, 1.165) is 25.1 Å². The molecule has 0 aliphatic heterocycles. The Bertz CT molecular complexity index is 235. The largest absolute Gasteiger partial charge is 0.396 e. The number of rotatable bonds is 5. The van der Waals surface area contributed by atoms with E-state index < -0.39 is 0 Å². The highest BCUT2D eigenvalue weighted by Gasteiger charge is 1.95. The van der Waals surface area contributed by atoms with Crippen LogP contribution in [-0.2, 0) is 6.54 Å². The number of benzene rings is 1. The Morgan fingerprint density at radius 1 is 1.23 bits per heavy atom. The molecule has 0 fully saturated rings. The summed E-state index contributed by atoms with van der Waals surface area (Å²) in [6, 6.07) is 6.50. The highest BCUT2D eigenvalue weighted by atomic mass is 19.1. The van der Waals surface area contributed by atoms with Gasteiger partial charge in [-0.05, 0) is 12.1 Å². The molecule has 72 valence electrons. The average molecular weight is 184 g/mol. The molecule has 0 aliphatic carbocycles. The van der Waals surface area contributed by atoms with Crippen LogP contribution < -0.4 is 5.32 Å². The zero-order chi connectivity index (χ0) is 9.52. The number of halogens is 1. The number of aliphatic hydroxyl groups excluding tert-OH is 1. The Labute approximate surface area is 77.4 Å². The van der Waals surface area contributed by atoms with Crippen molar-refractivity contribution in [1.82, 2.24) is 0 Å². The Hall–Kier alpha value is -0.930. The van der Waals surface area contributed by atoms with Crippen molar-refractivity contribution in [2.24, 2.45) is 0 Å². The Morgan fingerprint density at radius 2 is 1.92 bits per heavy atom. The first kappa shape index (κ1) is 10.2. The Kier molecular flexibility index (Phi) is 4.43. The molecule has 1 aromatic carbocycles. The van der Waals surface area contributed by atoms with E-state index in [9.17, 15) is 4.39 Å². The minimum Gasteiger partial charge on any atom is -0.396 e. The van der Waals surface area contributed by atoms with Crippen molar-refractivity contribution in [3.63, 3.8) is 0 Å². The molecule has 0 amide bonds. The van der Waals surface area contributed by atoms with Gasteiger partial charge in [0.2, 0.25) is 0 Å². The first-order valence-corrected chi connectivity index (χ1v) is 4.50. The van der Waals surface area contributed by atoms with Crippen LogP contribution in [0.4, 0.5) is 4.39 Å². The summed E-state index contributed by atoms with van der Waals surface area (Å²) in [4.78, 5) is 0. The summed E-state index contributed by atoms with van der Waals surface area (Å²) in [5.41, 5.74) is 1.11. The molecule has 1 rings (SSSR count). The van der Waals surface area contributed by atoms with Gasteiger partial charge in [-0.1, -0.05) is 12.1 Å². The molecular formula is C10H15FNO+. The van der Waals surface area contributed by atoms with Gasteiger partial charge >= 0.3 is 0 Å². The molecule has 0 atom stereocenters. The Balaban J connectivity index is 2.25. The third kappa shape index (κ3) is 4.01. The van der Waals surface area contributed by atoms with E-state index in [0.29, 0.717) is 0 Å². The van der Waals surface area contributed by atoms with Gasteiger partial charge in [-0.2, -0.15) is 0 Å². The quantitative estimate of drug-likeness (QED) is 0.633. The number of hydrogen-bond donors (Lipinski definition) is 2. The molecule has 0 aliphatic rings. The van der Waals surface area contributed by atoms with Gasteiger partial charge in [0.1, 0.15) is 12.4 Å². The van der Waals surface area contributed by atoms with Gasteiger partial charge < -0.3 is 10.4 Å². The minimum atomic E-state index is -0.195. The number of aliphatic hydroxyl groups is 1. The summed E-state index contributed by atoms with van der Waals surface area (Å²) in [7, 11) is 0. The molecule has 0 radical (unpaired) electrons. The molecule has 0 heterocycles. The highest BCUT2D eigenvalue weighted by molar-refractivity contribution is 5.14. The third-order valence-electron chi connectivity index (χ3n) is 1.86. The SMILES string of the molecule is OCCC[NH2+]Cc1ccc(F)cc1. The summed E-state index contributed by atoms with van der Waals surface area (Å²) in [5.74, 6) is -0.195. The predicted octanol–water partition coefficient (Wildman–Crippen LogP) is 0.271. The lowest BCUT2D eigenvalue weighted by atomic mass is 10.2. The van der Waals surface area contributed by atoms with Crippen LogP contribution in [-0.4, -0.2) is 18.3 Å². The number of quaternary nitrogens is 1. The smallest absolute Gasteiger partial charge is 0.123 e. The van der Waals surface area contributed by atoms with Crippen molar-refractivity contribution in [1.29, 1.82) is 0 Å². The van der Waals surface area contributed by atoms with Crippen molar-refractivity contribution >= 4 is 0 Å². The molecule has 13 heavy (non-hydrogen) atoms. The third-order valence-corrected chi connectivity index (χ3v) is 1.86. The highest BCUT2D eigenvalue weighted by Crippen LogP contribution is 2.00. The van der Waals surface area contributed by atoms with E-state index in [1.54, 1.807) is 12.1 Å². The topological polar surface area (TPSA) is 36.8 Å². The fourth-order valence-electron chi connectivity index (χ4n) is 1.12. The second-order valence-corrected chi connectivity index (χ2v) is 2.99. The summed E-state index contributed by atoms with van der Waals surface area (Å²) in [6.07, 6.45) is 0.807. The monoisotopic (exact) mass is 184 g/mol. The lowest BCUT2D eigenvalue weighted by molar-refractivity contribution is -0.671. The van der Waals surface area contributed by atoms with Crippen LogP contribution in [0.3, 0.4) is 0 Å². The second-order valence-electron chi connectivity index (χ2n) is 2.99. The molecule has 0 saturated heterocycles. The summed E-state index contributed by atoms with van der Waals surface area (Å²) in [6.45, 7) is 1.99. The van der Waals surface area contributed by atoms with Crippen LogP contribution >= 0.6 is 0 Å². The van der Waals surface area contributed by atoms with Gasteiger partial charge in [-0.15, -0.1) is 0 Å². The second kappa shape index (κ2) is 5.67. The lowest BCUT2D eigenvalue weighted by Crippen LogP contribution is -2.82. The molecule has 3 N–H and O–H groups in total. The summed E-state index contributed by atoms with van der Waals surface area (Å²) in [5, 5.41) is 10.6. The van der Waals surface area contributed by atoms with Crippen LogP contribution in [0.2, 0.25) is 0 Å². The van der Waals surface area contributed by atoms with E-state index >= 15 is 0 Å². The van der Waals surface area contributed by atoms with E-state index in [4.69, 9.17) is 5.11 Å². The van der Waals surface area contributed by atoms with E-state index in [-0.39, 0.29) is 12.4 Å². The predicted molar refractivity (Wildman–Crippen MR) is 48.6 cm³/mol.